The van der Waals surface area contributed by atoms with E-state index in [4.69, 9.17) is 0 Å². The lowest BCUT2D eigenvalue weighted by Crippen LogP contribution is -2.43. The summed E-state index contributed by atoms with van der Waals surface area (Å²) in [5.74, 6) is -0.313. The monoisotopic (exact) mass is 485 g/mol. The van der Waals surface area contributed by atoms with E-state index in [2.05, 4.69) is 15.5 Å². The van der Waals surface area contributed by atoms with Gasteiger partial charge >= 0.3 is 0 Å². The zero-order valence-electron chi connectivity index (χ0n) is 19.1. The molecule has 10 heteroatoms. The first-order chi connectivity index (χ1) is 15.7. The summed E-state index contributed by atoms with van der Waals surface area (Å²) in [4.78, 5) is 14.3. The fourth-order valence-corrected chi connectivity index (χ4v) is 7.12. The molecule has 0 aliphatic carbocycles. The molecule has 1 amide bonds. The second kappa shape index (κ2) is 9.28. The van der Waals surface area contributed by atoms with Crippen molar-refractivity contribution in [1.29, 1.82) is 0 Å². The molecule has 0 radical (unpaired) electrons. The highest BCUT2D eigenvalue weighted by Gasteiger charge is 2.40. The zero-order valence-corrected chi connectivity index (χ0v) is 20.7. The van der Waals surface area contributed by atoms with Gasteiger partial charge in [-0.25, -0.2) is 8.42 Å². The van der Waals surface area contributed by atoms with Crippen molar-refractivity contribution in [2.24, 2.45) is 7.05 Å². The Morgan fingerprint density at radius 1 is 1.12 bits per heavy atom. The summed E-state index contributed by atoms with van der Waals surface area (Å²) in [5, 5.41) is 11.6. The minimum Gasteiger partial charge on any atom is -0.325 e. The Bertz CT molecular complexity index is 1260. The number of carbonyl (C=O) groups excluding carboxylic acids is 1. The van der Waals surface area contributed by atoms with E-state index in [9.17, 15) is 13.2 Å². The summed E-state index contributed by atoms with van der Waals surface area (Å²) in [6, 6.07) is 10.4. The number of nitrogens with one attached hydrogen (secondary N) is 1. The Kier molecular flexibility index (Phi) is 6.60. The Morgan fingerprint density at radius 3 is 2.39 bits per heavy atom. The number of benzene rings is 2. The summed E-state index contributed by atoms with van der Waals surface area (Å²) in [6.45, 7) is 5.89. The molecule has 1 aliphatic rings. The average molecular weight is 486 g/mol. The molecular weight excluding hydrogens is 458 g/mol. The van der Waals surface area contributed by atoms with Gasteiger partial charge in [-0.3, -0.25) is 4.79 Å². The van der Waals surface area contributed by atoms with Gasteiger partial charge in [0.15, 0.2) is 5.16 Å². The van der Waals surface area contributed by atoms with E-state index in [1.807, 2.05) is 42.8 Å². The normalized spacial score (nSPS) is 16.8. The van der Waals surface area contributed by atoms with Crippen LogP contribution in [0.15, 0.2) is 57.7 Å². The number of nitrogens with zero attached hydrogens (tertiary/aromatic N) is 4. The maximum atomic E-state index is 13.5. The van der Waals surface area contributed by atoms with Crippen LogP contribution in [0.2, 0.25) is 0 Å². The van der Waals surface area contributed by atoms with Crippen LogP contribution in [0.3, 0.4) is 0 Å². The van der Waals surface area contributed by atoms with Crippen molar-refractivity contribution in [1.82, 2.24) is 19.1 Å². The first-order valence-corrected chi connectivity index (χ1v) is 12.9. The van der Waals surface area contributed by atoms with E-state index in [-0.39, 0.29) is 5.91 Å². The number of hydrogen-bond acceptors (Lipinski definition) is 6. The smallest absolute Gasteiger partial charge is 0.244 e. The van der Waals surface area contributed by atoms with E-state index < -0.39 is 16.1 Å². The number of hydrogen-bond donors (Lipinski definition) is 1. The van der Waals surface area contributed by atoms with Crippen molar-refractivity contribution >= 4 is 33.4 Å². The number of aryl methyl sites for hydroxylation is 4. The van der Waals surface area contributed by atoms with Crippen molar-refractivity contribution in [3.05, 3.63) is 59.4 Å². The quantitative estimate of drug-likeness (QED) is 0.572. The van der Waals surface area contributed by atoms with Crippen molar-refractivity contribution in [2.45, 2.75) is 54.6 Å². The fourth-order valence-electron chi connectivity index (χ4n) is 4.28. The number of anilines is 1. The van der Waals surface area contributed by atoms with Crippen LogP contribution in [-0.2, 0) is 21.9 Å². The average Bonchev–Trinajstić information content (AvgIpc) is 3.38. The molecule has 2 aromatic carbocycles. The Balaban J connectivity index is 1.50. The number of aromatic nitrogens is 3. The second-order valence-corrected chi connectivity index (χ2v) is 11.2. The molecule has 8 nitrogen and oxygen atoms in total. The van der Waals surface area contributed by atoms with Crippen LogP contribution in [0.25, 0.3) is 0 Å². The molecule has 0 spiro atoms. The molecule has 1 atom stereocenters. The lowest BCUT2D eigenvalue weighted by atomic mass is 10.1. The molecule has 33 heavy (non-hydrogen) atoms. The van der Waals surface area contributed by atoms with E-state index in [1.165, 1.54) is 16.1 Å². The highest BCUT2D eigenvalue weighted by molar-refractivity contribution is 7.99. The number of rotatable bonds is 6. The molecule has 1 aliphatic heterocycles. The number of sulfonamides is 1. The first-order valence-electron chi connectivity index (χ1n) is 10.7. The van der Waals surface area contributed by atoms with Gasteiger partial charge < -0.3 is 9.88 Å². The van der Waals surface area contributed by atoms with Gasteiger partial charge in [-0.2, -0.15) is 4.31 Å². The zero-order chi connectivity index (χ0) is 23.8. The highest BCUT2D eigenvalue weighted by Crippen LogP contribution is 2.31. The van der Waals surface area contributed by atoms with Gasteiger partial charge in [0.2, 0.25) is 15.9 Å². The molecule has 4 rings (SSSR count). The first kappa shape index (κ1) is 23.5. The largest absolute Gasteiger partial charge is 0.325 e. The van der Waals surface area contributed by atoms with Crippen LogP contribution in [0.5, 0.6) is 0 Å². The van der Waals surface area contributed by atoms with Gasteiger partial charge in [-0.1, -0.05) is 17.7 Å². The Morgan fingerprint density at radius 2 is 1.79 bits per heavy atom. The van der Waals surface area contributed by atoms with Gasteiger partial charge in [-0.05, 0) is 80.8 Å². The van der Waals surface area contributed by atoms with Crippen molar-refractivity contribution < 1.29 is 13.2 Å². The predicted molar refractivity (Wildman–Crippen MR) is 128 cm³/mol. The SMILES string of the molecule is Cc1cc(C)c(S(=O)(=O)N2CCCC2C(=O)Nc2ccc(Sc3nncn3C)cc2)c(C)c1. The second-order valence-electron chi connectivity index (χ2n) is 8.34. The molecule has 3 aromatic rings. The summed E-state index contributed by atoms with van der Waals surface area (Å²) < 4.78 is 30.2. The van der Waals surface area contributed by atoms with Crippen molar-refractivity contribution in [3.8, 4) is 0 Å². The van der Waals surface area contributed by atoms with E-state index >= 15 is 0 Å². The molecule has 1 fully saturated rings. The predicted octanol–water partition coefficient (Wildman–Crippen LogP) is 3.68. The van der Waals surface area contributed by atoms with Crippen LogP contribution >= 0.6 is 11.8 Å². The van der Waals surface area contributed by atoms with Gasteiger partial charge in [-0.15, -0.1) is 10.2 Å². The highest BCUT2D eigenvalue weighted by atomic mass is 32.2. The lowest BCUT2D eigenvalue weighted by Gasteiger charge is -2.25. The Hall–Kier alpha value is -2.69. The summed E-state index contributed by atoms with van der Waals surface area (Å²) in [7, 11) is -1.92. The summed E-state index contributed by atoms with van der Waals surface area (Å²) >= 11 is 1.47. The fraction of sp³-hybridized carbons (Fsp3) is 0.348. The van der Waals surface area contributed by atoms with Crippen LogP contribution in [0, 0.1) is 20.8 Å². The van der Waals surface area contributed by atoms with Crippen LogP contribution in [0.4, 0.5) is 5.69 Å². The molecule has 0 bridgehead atoms. The third-order valence-electron chi connectivity index (χ3n) is 5.68. The van der Waals surface area contributed by atoms with Crippen LogP contribution < -0.4 is 5.32 Å². The van der Waals surface area contributed by atoms with Crippen molar-refractivity contribution in [3.63, 3.8) is 0 Å². The minimum atomic E-state index is -3.79. The molecule has 174 valence electrons. The summed E-state index contributed by atoms with van der Waals surface area (Å²) in [5.41, 5.74) is 3.04. The molecule has 1 aromatic heterocycles. The lowest BCUT2D eigenvalue weighted by molar-refractivity contribution is -0.119. The number of carbonyl (C=O) groups is 1. The topological polar surface area (TPSA) is 97.2 Å². The maximum Gasteiger partial charge on any atom is 0.244 e. The molecule has 1 N–H and O–H groups in total. The van der Waals surface area contributed by atoms with Crippen LogP contribution in [-0.4, -0.2) is 46.0 Å². The molecule has 0 saturated carbocycles. The van der Waals surface area contributed by atoms with Gasteiger partial charge in [0.05, 0.1) is 4.90 Å². The van der Waals surface area contributed by atoms with E-state index in [1.54, 1.807) is 32.3 Å². The molecule has 1 saturated heterocycles. The Labute approximate surface area is 198 Å². The summed E-state index contributed by atoms with van der Waals surface area (Å²) in [6.07, 6.45) is 2.78. The molecular formula is C23H27N5O3S2. The van der Waals surface area contributed by atoms with Gasteiger partial charge in [0, 0.05) is 24.2 Å². The van der Waals surface area contributed by atoms with Gasteiger partial charge in [0.25, 0.3) is 0 Å². The van der Waals surface area contributed by atoms with Crippen molar-refractivity contribution in [2.75, 3.05) is 11.9 Å². The minimum absolute atomic E-state index is 0.304. The molecule has 1 unspecified atom stereocenters. The van der Waals surface area contributed by atoms with E-state index in [0.717, 1.165) is 15.6 Å². The third kappa shape index (κ3) is 4.83. The van der Waals surface area contributed by atoms with E-state index in [0.29, 0.717) is 41.1 Å². The number of amides is 1. The maximum absolute atomic E-state index is 13.5. The molecule has 2 heterocycles. The standard InChI is InChI=1S/C23H27N5O3S2/c1-15-12-16(2)21(17(3)13-15)33(30,31)28-11-5-6-20(28)22(29)25-18-7-9-19(10-8-18)32-23-26-24-14-27(23)4/h7-10,12-14,20H,5-6,11H2,1-4H3,(H,25,29). The van der Waals surface area contributed by atoms with Gasteiger partial charge in [0.1, 0.15) is 12.4 Å². The van der Waals surface area contributed by atoms with Crippen LogP contribution in [0.1, 0.15) is 29.5 Å². The third-order valence-corrected chi connectivity index (χ3v) is 8.95.